The summed E-state index contributed by atoms with van der Waals surface area (Å²) < 4.78 is 22.2. The van der Waals surface area contributed by atoms with Gasteiger partial charge in [0.1, 0.15) is 16.5 Å². The van der Waals surface area contributed by atoms with Crippen molar-refractivity contribution in [1.29, 1.82) is 0 Å². The topological polar surface area (TPSA) is 78.1 Å². The standard InChI is InChI=1S/C22H23ClFN6O2/c1-14-10-16(24)6-5-15(14)12-29-18-7-8-28(13-17(18)26-27-29)19-11-25-30(22(31)21(19)23)20-4-2-3-9-32-20/h5-6,10-11,20H,1-4,7-9,12-13H2. The Bertz CT molecular complexity index is 1200. The van der Waals surface area contributed by atoms with Gasteiger partial charge >= 0.3 is 0 Å². The molecule has 1 unspecified atom stereocenters. The van der Waals surface area contributed by atoms with Crippen LogP contribution in [0.2, 0.25) is 5.02 Å². The Morgan fingerprint density at radius 1 is 1.31 bits per heavy atom. The zero-order valence-electron chi connectivity index (χ0n) is 17.5. The van der Waals surface area contributed by atoms with Gasteiger partial charge in [0.15, 0.2) is 6.23 Å². The van der Waals surface area contributed by atoms with Crippen LogP contribution in [-0.2, 0) is 24.2 Å². The van der Waals surface area contributed by atoms with Gasteiger partial charge < -0.3 is 9.64 Å². The molecule has 2 aromatic heterocycles. The summed E-state index contributed by atoms with van der Waals surface area (Å²) in [6, 6.07) is 4.55. The average Bonchev–Trinajstić information content (AvgIpc) is 3.20. The molecule has 167 valence electrons. The summed E-state index contributed by atoms with van der Waals surface area (Å²) in [5.41, 5.74) is 3.60. The molecule has 1 saturated heterocycles. The molecule has 2 aliphatic heterocycles. The van der Waals surface area contributed by atoms with Crippen LogP contribution in [0.4, 0.5) is 10.1 Å². The third-order valence-electron chi connectivity index (χ3n) is 6.06. The second-order valence-corrected chi connectivity index (χ2v) is 8.52. The lowest BCUT2D eigenvalue weighted by atomic mass is 10.1. The highest BCUT2D eigenvalue weighted by Gasteiger charge is 2.27. The fourth-order valence-corrected chi connectivity index (χ4v) is 4.54. The number of ether oxygens (including phenoxy) is 1. The van der Waals surface area contributed by atoms with E-state index in [2.05, 4.69) is 22.3 Å². The molecule has 2 aliphatic rings. The number of nitrogens with zero attached hydrogens (tertiary/aromatic N) is 6. The van der Waals surface area contributed by atoms with E-state index in [4.69, 9.17) is 16.3 Å². The number of benzene rings is 1. The van der Waals surface area contributed by atoms with Gasteiger partial charge in [-0.3, -0.25) is 4.79 Å². The maximum absolute atomic E-state index is 13.4. The summed E-state index contributed by atoms with van der Waals surface area (Å²) in [7, 11) is 0. The summed E-state index contributed by atoms with van der Waals surface area (Å²) in [5, 5.41) is 13.1. The fraction of sp³-hybridized carbons (Fsp3) is 0.409. The minimum absolute atomic E-state index is 0.137. The maximum Gasteiger partial charge on any atom is 0.290 e. The zero-order valence-corrected chi connectivity index (χ0v) is 18.3. The average molecular weight is 458 g/mol. The van der Waals surface area contributed by atoms with Crippen LogP contribution in [0.1, 0.15) is 48.0 Å². The molecule has 0 spiro atoms. The summed E-state index contributed by atoms with van der Waals surface area (Å²) >= 11 is 6.47. The van der Waals surface area contributed by atoms with Gasteiger partial charge in [0.2, 0.25) is 0 Å². The van der Waals surface area contributed by atoms with E-state index in [1.54, 1.807) is 12.3 Å². The zero-order chi connectivity index (χ0) is 22.2. The Morgan fingerprint density at radius 3 is 2.97 bits per heavy atom. The normalized spacial score (nSPS) is 18.6. The Kier molecular flexibility index (Phi) is 5.69. The van der Waals surface area contributed by atoms with E-state index in [0.29, 0.717) is 43.9 Å². The molecule has 0 saturated carbocycles. The van der Waals surface area contributed by atoms with Crippen molar-refractivity contribution >= 4 is 17.3 Å². The number of hydrogen-bond donors (Lipinski definition) is 0. The minimum atomic E-state index is -0.361. The van der Waals surface area contributed by atoms with Crippen molar-refractivity contribution in [1.82, 2.24) is 24.8 Å². The molecule has 1 radical (unpaired) electrons. The van der Waals surface area contributed by atoms with Crippen LogP contribution < -0.4 is 10.5 Å². The second kappa shape index (κ2) is 8.63. The number of hydrogen-bond acceptors (Lipinski definition) is 6. The molecule has 1 fully saturated rings. The third-order valence-corrected chi connectivity index (χ3v) is 6.42. The van der Waals surface area contributed by atoms with Crippen LogP contribution in [0.15, 0.2) is 29.2 Å². The summed E-state index contributed by atoms with van der Waals surface area (Å²) in [6.07, 6.45) is 4.69. The molecule has 5 rings (SSSR count). The highest BCUT2D eigenvalue weighted by atomic mass is 35.5. The molecular formula is C22H23ClFN6O2. The van der Waals surface area contributed by atoms with Gasteiger partial charge in [0.05, 0.1) is 30.7 Å². The van der Waals surface area contributed by atoms with Crippen molar-refractivity contribution in [3.63, 3.8) is 0 Å². The molecular weight excluding hydrogens is 435 g/mol. The van der Waals surface area contributed by atoms with Gasteiger partial charge in [-0.1, -0.05) is 22.9 Å². The predicted molar refractivity (Wildman–Crippen MR) is 117 cm³/mol. The van der Waals surface area contributed by atoms with E-state index < -0.39 is 0 Å². The predicted octanol–water partition coefficient (Wildman–Crippen LogP) is 3.12. The van der Waals surface area contributed by atoms with Crippen LogP contribution in [-0.4, -0.2) is 37.9 Å². The van der Waals surface area contributed by atoms with Crippen LogP contribution in [0.3, 0.4) is 0 Å². The van der Waals surface area contributed by atoms with Crippen molar-refractivity contribution in [2.75, 3.05) is 18.1 Å². The first kappa shape index (κ1) is 21.1. The van der Waals surface area contributed by atoms with Crippen LogP contribution >= 0.6 is 11.6 Å². The van der Waals surface area contributed by atoms with E-state index in [-0.39, 0.29) is 22.6 Å². The second-order valence-electron chi connectivity index (χ2n) is 8.14. The van der Waals surface area contributed by atoms with E-state index >= 15 is 0 Å². The minimum Gasteiger partial charge on any atom is -0.362 e. The van der Waals surface area contributed by atoms with Gasteiger partial charge in [0.25, 0.3) is 5.56 Å². The first-order chi connectivity index (χ1) is 15.5. The number of anilines is 1. The van der Waals surface area contributed by atoms with Crippen LogP contribution in [0, 0.1) is 12.7 Å². The Labute approximate surface area is 189 Å². The largest absolute Gasteiger partial charge is 0.362 e. The van der Waals surface area contributed by atoms with E-state index in [0.717, 1.165) is 36.2 Å². The molecule has 0 aliphatic carbocycles. The van der Waals surface area contributed by atoms with Gasteiger partial charge in [-0.2, -0.15) is 9.78 Å². The van der Waals surface area contributed by atoms with Gasteiger partial charge in [-0.25, -0.2) is 9.07 Å². The molecule has 8 nitrogen and oxygen atoms in total. The molecule has 4 heterocycles. The van der Waals surface area contributed by atoms with Crippen molar-refractivity contribution in [3.05, 3.63) is 75.0 Å². The molecule has 1 aromatic carbocycles. The quantitative estimate of drug-likeness (QED) is 0.599. The van der Waals surface area contributed by atoms with Crippen LogP contribution in [0.25, 0.3) is 0 Å². The third kappa shape index (κ3) is 3.91. The number of halogens is 2. The lowest BCUT2D eigenvalue weighted by Gasteiger charge is -2.29. The van der Waals surface area contributed by atoms with E-state index in [1.165, 1.54) is 16.8 Å². The molecule has 0 bridgehead atoms. The molecule has 0 amide bonds. The number of fused-ring (bicyclic) bond motifs is 1. The first-order valence-corrected chi connectivity index (χ1v) is 11.0. The summed E-state index contributed by atoms with van der Waals surface area (Å²) in [4.78, 5) is 14.8. The first-order valence-electron chi connectivity index (χ1n) is 10.7. The smallest absolute Gasteiger partial charge is 0.290 e. The van der Waals surface area contributed by atoms with E-state index in [1.807, 2.05) is 9.58 Å². The number of rotatable bonds is 4. The Balaban J connectivity index is 1.36. The highest BCUT2D eigenvalue weighted by molar-refractivity contribution is 6.33. The molecule has 32 heavy (non-hydrogen) atoms. The van der Waals surface area contributed by atoms with Crippen molar-refractivity contribution < 1.29 is 9.13 Å². The molecule has 0 N–H and O–H groups in total. The monoisotopic (exact) mass is 457 g/mol. The highest BCUT2D eigenvalue weighted by Crippen LogP contribution is 2.29. The van der Waals surface area contributed by atoms with Gasteiger partial charge in [-0.05, 0) is 49.4 Å². The van der Waals surface area contributed by atoms with Gasteiger partial charge in [-0.15, -0.1) is 5.10 Å². The van der Waals surface area contributed by atoms with Crippen molar-refractivity contribution in [2.24, 2.45) is 0 Å². The SMILES string of the molecule is [CH2]c1cc(F)ccc1Cn1nnc2c1CCN(c1cnn(C3CCCCO3)c(=O)c1Cl)C2. The maximum atomic E-state index is 13.4. The van der Waals surface area contributed by atoms with Crippen molar-refractivity contribution in [3.8, 4) is 0 Å². The number of aromatic nitrogens is 5. The summed E-state index contributed by atoms with van der Waals surface area (Å²) in [5.74, 6) is -0.308. The Morgan fingerprint density at radius 2 is 2.19 bits per heavy atom. The van der Waals surface area contributed by atoms with Gasteiger partial charge in [0, 0.05) is 19.6 Å². The van der Waals surface area contributed by atoms with Crippen LogP contribution in [0.5, 0.6) is 0 Å². The van der Waals surface area contributed by atoms with Crippen molar-refractivity contribution in [2.45, 2.75) is 45.0 Å². The summed E-state index contributed by atoms with van der Waals surface area (Å²) in [6.45, 7) is 6.12. The molecule has 1 atom stereocenters. The lowest BCUT2D eigenvalue weighted by molar-refractivity contribution is -0.0424. The molecule has 3 aromatic rings. The lowest BCUT2D eigenvalue weighted by Crippen LogP contribution is -2.36. The van der Waals surface area contributed by atoms with E-state index in [9.17, 15) is 9.18 Å². The Hall–Kier alpha value is -2.78. The fourth-order valence-electron chi connectivity index (χ4n) is 4.29. The molecule has 10 heteroatoms.